The monoisotopic (exact) mass is 535 g/mol. The first kappa shape index (κ1) is 24.2. The van der Waals surface area contributed by atoms with Crippen LogP contribution in [0.4, 0.5) is 0 Å². The molecule has 0 radical (unpaired) electrons. The Balaban J connectivity index is 1.15. The molecule has 0 spiro atoms. The molecule has 42 heavy (non-hydrogen) atoms. The maximum Gasteiger partial charge on any atom is 0.0973 e. The van der Waals surface area contributed by atoms with Gasteiger partial charge in [-0.3, -0.25) is 4.98 Å². The predicted octanol–water partition coefficient (Wildman–Crippen LogP) is 10.00. The molecule has 0 aliphatic carbocycles. The first-order valence-electron chi connectivity index (χ1n) is 14.1. The van der Waals surface area contributed by atoms with Gasteiger partial charge in [0.25, 0.3) is 0 Å². The lowest BCUT2D eigenvalue weighted by Gasteiger charge is -2.12. The summed E-state index contributed by atoms with van der Waals surface area (Å²) in [5.74, 6) is 0. The topological polar surface area (TPSA) is 38.7 Å². The van der Waals surface area contributed by atoms with Crippen molar-refractivity contribution in [3.8, 4) is 44.8 Å². The van der Waals surface area contributed by atoms with Crippen LogP contribution < -0.4 is 0 Å². The van der Waals surface area contributed by atoms with E-state index in [1.807, 2.05) is 54.7 Å². The summed E-state index contributed by atoms with van der Waals surface area (Å²) in [6, 6.07) is 50.8. The van der Waals surface area contributed by atoms with Gasteiger partial charge in [0.05, 0.1) is 27.9 Å². The number of nitrogens with zero attached hydrogens (tertiary/aromatic N) is 3. The second-order valence-electron chi connectivity index (χ2n) is 10.5. The molecular weight excluding hydrogens is 510 g/mol. The average molecular weight is 536 g/mol. The summed E-state index contributed by atoms with van der Waals surface area (Å²) < 4.78 is 0. The number of benzene rings is 6. The number of fused-ring (bicyclic) bond motifs is 4. The lowest BCUT2D eigenvalue weighted by Crippen LogP contribution is -1.95. The van der Waals surface area contributed by atoms with E-state index in [0.717, 1.165) is 50.0 Å². The Morgan fingerprint density at radius 1 is 0.357 bits per heavy atom. The fraction of sp³-hybridized carbons (Fsp3) is 0. The maximum atomic E-state index is 5.05. The molecule has 0 aliphatic rings. The molecule has 8 aromatic rings. The van der Waals surface area contributed by atoms with Crippen LogP contribution in [0.2, 0.25) is 0 Å². The molecule has 3 heteroatoms. The van der Waals surface area contributed by atoms with E-state index in [1.165, 1.54) is 27.5 Å². The van der Waals surface area contributed by atoms with Crippen molar-refractivity contribution in [1.29, 1.82) is 0 Å². The molecule has 0 bridgehead atoms. The molecule has 3 nitrogen and oxygen atoms in total. The Kier molecular flexibility index (Phi) is 5.79. The van der Waals surface area contributed by atoms with Crippen LogP contribution in [0.5, 0.6) is 0 Å². The second kappa shape index (κ2) is 10.1. The van der Waals surface area contributed by atoms with Gasteiger partial charge in [-0.05, 0) is 45.8 Å². The van der Waals surface area contributed by atoms with Crippen LogP contribution in [-0.4, -0.2) is 15.0 Å². The van der Waals surface area contributed by atoms with Crippen molar-refractivity contribution in [3.63, 3.8) is 0 Å². The number of pyridine rings is 1. The van der Waals surface area contributed by atoms with E-state index in [0.29, 0.717) is 0 Å². The average Bonchev–Trinajstić information content (AvgIpc) is 3.08. The summed E-state index contributed by atoms with van der Waals surface area (Å²) in [7, 11) is 0. The van der Waals surface area contributed by atoms with Gasteiger partial charge in [0.15, 0.2) is 0 Å². The zero-order valence-corrected chi connectivity index (χ0v) is 22.8. The summed E-state index contributed by atoms with van der Waals surface area (Å²) in [6.45, 7) is 0. The normalized spacial score (nSPS) is 11.3. The van der Waals surface area contributed by atoms with Crippen molar-refractivity contribution >= 4 is 32.7 Å². The predicted molar refractivity (Wildman–Crippen MR) is 174 cm³/mol. The Morgan fingerprint density at radius 3 is 1.64 bits per heavy atom. The smallest absolute Gasteiger partial charge is 0.0973 e. The van der Waals surface area contributed by atoms with Crippen molar-refractivity contribution in [2.24, 2.45) is 0 Å². The summed E-state index contributed by atoms with van der Waals surface area (Å²) in [5, 5.41) is 3.55. The van der Waals surface area contributed by atoms with Gasteiger partial charge in [-0.25, -0.2) is 9.97 Å². The van der Waals surface area contributed by atoms with Gasteiger partial charge >= 0.3 is 0 Å². The molecule has 2 heterocycles. The SMILES string of the molecule is c1ccc(-c2nc3ccccc3nc2-c2ccc(-c3ccc(-c4cccc5c4ccc4cccnc45)cc3)cc2)cc1. The van der Waals surface area contributed by atoms with Crippen LogP contribution in [0.3, 0.4) is 0 Å². The number of rotatable bonds is 4. The minimum absolute atomic E-state index is 0.889. The Hall–Kier alpha value is -5.67. The van der Waals surface area contributed by atoms with Crippen LogP contribution in [0.25, 0.3) is 77.5 Å². The van der Waals surface area contributed by atoms with Crippen LogP contribution >= 0.6 is 0 Å². The van der Waals surface area contributed by atoms with Crippen LogP contribution in [0, 0.1) is 0 Å². The quantitative estimate of drug-likeness (QED) is 0.211. The highest BCUT2D eigenvalue weighted by molar-refractivity contribution is 6.10. The van der Waals surface area contributed by atoms with Gasteiger partial charge in [-0.2, -0.15) is 0 Å². The maximum absolute atomic E-state index is 5.05. The summed E-state index contributed by atoms with van der Waals surface area (Å²) >= 11 is 0. The zero-order valence-electron chi connectivity index (χ0n) is 22.8. The van der Waals surface area contributed by atoms with Crippen molar-refractivity contribution in [2.75, 3.05) is 0 Å². The fourth-order valence-corrected chi connectivity index (χ4v) is 5.81. The van der Waals surface area contributed by atoms with E-state index in [1.54, 1.807) is 0 Å². The molecule has 0 unspecified atom stereocenters. The van der Waals surface area contributed by atoms with E-state index in [2.05, 4.69) is 102 Å². The minimum Gasteiger partial charge on any atom is -0.256 e. The third kappa shape index (κ3) is 4.20. The molecule has 0 N–H and O–H groups in total. The Labute approximate surface area is 243 Å². The van der Waals surface area contributed by atoms with E-state index >= 15 is 0 Å². The molecule has 0 fully saturated rings. The number of hydrogen-bond donors (Lipinski definition) is 0. The third-order valence-electron chi connectivity index (χ3n) is 7.94. The first-order chi connectivity index (χ1) is 20.8. The molecule has 2 aromatic heterocycles. The Morgan fingerprint density at radius 2 is 0.952 bits per heavy atom. The van der Waals surface area contributed by atoms with E-state index in [9.17, 15) is 0 Å². The summed E-state index contributed by atoms with van der Waals surface area (Å²) in [6.07, 6.45) is 1.86. The molecule has 0 saturated carbocycles. The molecule has 196 valence electrons. The summed E-state index contributed by atoms with van der Waals surface area (Å²) in [4.78, 5) is 14.7. The third-order valence-corrected chi connectivity index (χ3v) is 7.94. The van der Waals surface area contributed by atoms with Crippen LogP contribution in [0.1, 0.15) is 0 Å². The molecule has 0 atom stereocenters. The van der Waals surface area contributed by atoms with Gasteiger partial charge < -0.3 is 0 Å². The summed E-state index contributed by atoms with van der Waals surface area (Å²) in [5.41, 5.74) is 11.5. The van der Waals surface area contributed by atoms with Crippen molar-refractivity contribution in [1.82, 2.24) is 15.0 Å². The van der Waals surface area contributed by atoms with Crippen molar-refractivity contribution < 1.29 is 0 Å². The van der Waals surface area contributed by atoms with E-state index < -0.39 is 0 Å². The minimum atomic E-state index is 0.889. The molecule has 6 aromatic carbocycles. The molecule has 0 aliphatic heterocycles. The standard InChI is InChI=1S/C39H25N3/c1-2-8-29(9-3-1)38-39(42-36-14-5-4-13-35(36)41-38)31-21-17-27(18-22-31)26-15-19-28(20-16-26)32-11-6-12-34-33(32)24-23-30-10-7-25-40-37(30)34/h1-25H. The van der Waals surface area contributed by atoms with Crippen molar-refractivity contribution in [2.45, 2.75) is 0 Å². The largest absolute Gasteiger partial charge is 0.256 e. The van der Waals surface area contributed by atoms with Gasteiger partial charge in [-0.1, -0.05) is 127 Å². The number of aromatic nitrogens is 3. The number of para-hydroxylation sites is 2. The lowest BCUT2D eigenvalue weighted by atomic mass is 9.94. The van der Waals surface area contributed by atoms with Crippen molar-refractivity contribution in [3.05, 3.63) is 152 Å². The number of hydrogen-bond acceptors (Lipinski definition) is 3. The molecule has 0 amide bonds. The van der Waals surface area contributed by atoms with Crippen LogP contribution in [-0.2, 0) is 0 Å². The molecule has 0 saturated heterocycles. The van der Waals surface area contributed by atoms with Gasteiger partial charge in [0, 0.05) is 28.1 Å². The highest BCUT2D eigenvalue weighted by Crippen LogP contribution is 2.35. The van der Waals surface area contributed by atoms with Crippen LogP contribution in [0.15, 0.2) is 152 Å². The van der Waals surface area contributed by atoms with E-state index in [4.69, 9.17) is 9.97 Å². The zero-order chi connectivity index (χ0) is 27.9. The highest BCUT2D eigenvalue weighted by Gasteiger charge is 2.14. The van der Waals surface area contributed by atoms with Gasteiger partial charge in [-0.15, -0.1) is 0 Å². The lowest BCUT2D eigenvalue weighted by molar-refractivity contribution is 1.29. The van der Waals surface area contributed by atoms with Gasteiger partial charge in [0.2, 0.25) is 0 Å². The second-order valence-corrected chi connectivity index (χ2v) is 10.5. The first-order valence-corrected chi connectivity index (χ1v) is 14.1. The van der Waals surface area contributed by atoms with Gasteiger partial charge in [0.1, 0.15) is 0 Å². The fourth-order valence-electron chi connectivity index (χ4n) is 5.81. The highest BCUT2D eigenvalue weighted by atomic mass is 14.8. The molecule has 8 rings (SSSR count). The Bertz CT molecular complexity index is 2220. The molecular formula is C39H25N3. The van der Waals surface area contributed by atoms with E-state index in [-0.39, 0.29) is 0 Å².